The zero-order valence-corrected chi connectivity index (χ0v) is 11.5. The number of oxazole rings is 1. The van der Waals surface area contributed by atoms with Crippen molar-refractivity contribution in [2.24, 2.45) is 0 Å². The van der Waals surface area contributed by atoms with Crippen molar-refractivity contribution >= 4 is 28.4 Å². The van der Waals surface area contributed by atoms with E-state index in [1.54, 1.807) is 19.2 Å². The highest BCUT2D eigenvalue weighted by atomic mass is 16.5. The highest BCUT2D eigenvalue weighted by Crippen LogP contribution is 2.30. The third kappa shape index (κ3) is 2.33. The summed E-state index contributed by atoms with van der Waals surface area (Å²) in [5, 5.41) is 2.62. The van der Waals surface area contributed by atoms with Crippen LogP contribution >= 0.6 is 0 Å². The van der Waals surface area contributed by atoms with E-state index >= 15 is 0 Å². The molecule has 1 aliphatic heterocycles. The third-order valence-electron chi connectivity index (χ3n) is 3.56. The number of ether oxygens (including phenoxy) is 1. The van der Waals surface area contributed by atoms with Gasteiger partial charge in [0.15, 0.2) is 5.58 Å². The number of morpholine rings is 1. The zero-order valence-electron chi connectivity index (χ0n) is 11.5. The van der Waals surface area contributed by atoms with E-state index in [9.17, 15) is 9.59 Å². The Morgan fingerprint density at radius 1 is 1.52 bits per heavy atom. The molecule has 2 aromatic rings. The molecule has 1 amide bonds. The monoisotopic (exact) mass is 292 g/mol. The lowest BCUT2D eigenvalue weighted by Crippen LogP contribution is -2.53. The van der Waals surface area contributed by atoms with E-state index in [1.807, 2.05) is 4.90 Å². The highest BCUT2D eigenvalue weighted by molar-refractivity contribution is 5.90. The Balaban J connectivity index is 2.06. The number of nitrogen functional groups attached to an aromatic ring is 1. The van der Waals surface area contributed by atoms with Crippen molar-refractivity contribution in [3.8, 4) is 0 Å². The van der Waals surface area contributed by atoms with Crippen molar-refractivity contribution in [3.05, 3.63) is 22.7 Å². The summed E-state index contributed by atoms with van der Waals surface area (Å²) in [6.45, 7) is 1.34. The maximum absolute atomic E-state index is 12.0. The van der Waals surface area contributed by atoms with Crippen molar-refractivity contribution in [2.45, 2.75) is 6.04 Å². The number of carbonyl (C=O) groups excluding carboxylic acids is 1. The van der Waals surface area contributed by atoms with Gasteiger partial charge in [-0.05, 0) is 6.07 Å². The average molecular weight is 292 g/mol. The molecular weight excluding hydrogens is 276 g/mol. The summed E-state index contributed by atoms with van der Waals surface area (Å²) in [4.78, 5) is 27.7. The Morgan fingerprint density at radius 3 is 3.10 bits per heavy atom. The number of aromatic nitrogens is 1. The Labute approximate surface area is 119 Å². The number of nitrogens with one attached hydrogen (secondary N) is 2. The third-order valence-corrected chi connectivity index (χ3v) is 3.56. The number of H-pyrrole nitrogens is 1. The van der Waals surface area contributed by atoms with E-state index in [-0.39, 0.29) is 5.91 Å². The van der Waals surface area contributed by atoms with Crippen LogP contribution in [0.1, 0.15) is 0 Å². The molecule has 0 radical (unpaired) electrons. The molecule has 2 heterocycles. The van der Waals surface area contributed by atoms with Gasteiger partial charge in [0.1, 0.15) is 6.04 Å². The Kier molecular flexibility index (Phi) is 3.30. The van der Waals surface area contributed by atoms with Crippen molar-refractivity contribution in [3.63, 3.8) is 0 Å². The molecule has 1 atom stereocenters. The molecule has 1 aromatic carbocycles. The van der Waals surface area contributed by atoms with Crippen LogP contribution in [0.25, 0.3) is 11.1 Å². The molecule has 1 aromatic heterocycles. The fraction of sp³-hybridized carbons (Fsp3) is 0.385. The van der Waals surface area contributed by atoms with Crippen LogP contribution < -0.4 is 21.7 Å². The minimum Gasteiger partial charge on any atom is -0.408 e. The van der Waals surface area contributed by atoms with Crippen LogP contribution in [0.4, 0.5) is 11.4 Å². The van der Waals surface area contributed by atoms with Gasteiger partial charge in [-0.2, -0.15) is 0 Å². The molecule has 0 spiro atoms. The fourth-order valence-corrected chi connectivity index (χ4v) is 2.53. The molecule has 8 heteroatoms. The number of anilines is 2. The quantitative estimate of drug-likeness (QED) is 0.652. The van der Waals surface area contributed by atoms with Gasteiger partial charge in [0.2, 0.25) is 5.91 Å². The van der Waals surface area contributed by atoms with E-state index < -0.39 is 11.8 Å². The van der Waals surface area contributed by atoms with Gasteiger partial charge in [-0.15, -0.1) is 0 Å². The Hall–Kier alpha value is -2.48. The first-order chi connectivity index (χ1) is 10.1. The van der Waals surface area contributed by atoms with Crippen LogP contribution in [0.3, 0.4) is 0 Å². The second kappa shape index (κ2) is 5.13. The molecule has 1 aliphatic rings. The van der Waals surface area contributed by atoms with Crippen molar-refractivity contribution in [1.82, 2.24) is 10.3 Å². The van der Waals surface area contributed by atoms with Crippen LogP contribution in [0, 0.1) is 0 Å². The summed E-state index contributed by atoms with van der Waals surface area (Å²) in [7, 11) is 1.58. The Morgan fingerprint density at radius 2 is 2.33 bits per heavy atom. The number of hydrogen-bond acceptors (Lipinski definition) is 6. The molecule has 0 bridgehead atoms. The molecule has 112 valence electrons. The number of nitrogens with two attached hydrogens (primary N) is 1. The number of amides is 1. The maximum atomic E-state index is 12.0. The molecule has 1 saturated heterocycles. The predicted octanol–water partition coefficient (Wildman–Crippen LogP) is -0.345. The summed E-state index contributed by atoms with van der Waals surface area (Å²) in [5.74, 6) is -0.679. The molecular formula is C13H16N4O4. The van der Waals surface area contributed by atoms with Crippen molar-refractivity contribution < 1.29 is 13.9 Å². The van der Waals surface area contributed by atoms with E-state index in [1.165, 1.54) is 0 Å². The van der Waals surface area contributed by atoms with Gasteiger partial charge in [0.05, 0.1) is 30.1 Å². The van der Waals surface area contributed by atoms with Crippen LogP contribution in [0.15, 0.2) is 21.3 Å². The molecule has 4 N–H and O–H groups in total. The van der Waals surface area contributed by atoms with Crippen LogP contribution in [-0.4, -0.2) is 43.7 Å². The standard InChI is InChI=1S/C13H16N4O4/c1-15-12(18)10-6-20-3-2-17(10)9-5-8-11(4-7(9)14)21-13(19)16-8/h4-5,10H,2-3,6,14H2,1H3,(H,15,18)(H,16,19). The first-order valence-corrected chi connectivity index (χ1v) is 6.58. The number of rotatable bonds is 2. The lowest BCUT2D eigenvalue weighted by atomic mass is 10.1. The number of nitrogens with zero attached hydrogens (tertiary/aromatic N) is 1. The number of aromatic amines is 1. The summed E-state index contributed by atoms with van der Waals surface area (Å²) in [5.41, 5.74) is 8.11. The normalized spacial score (nSPS) is 18.9. The van der Waals surface area contributed by atoms with Gasteiger partial charge in [-0.25, -0.2) is 4.79 Å². The summed E-state index contributed by atoms with van der Waals surface area (Å²) in [6.07, 6.45) is 0. The summed E-state index contributed by atoms with van der Waals surface area (Å²) in [6, 6.07) is 2.84. The maximum Gasteiger partial charge on any atom is 0.417 e. The summed E-state index contributed by atoms with van der Waals surface area (Å²) >= 11 is 0. The lowest BCUT2D eigenvalue weighted by Gasteiger charge is -2.36. The molecule has 8 nitrogen and oxygen atoms in total. The second-order valence-electron chi connectivity index (χ2n) is 4.82. The SMILES string of the molecule is CNC(=O)C1COCCN1c1cc2[nH]c(=O)oc2cc1N. The average Bonchev–Trinajstić information content (AvgIpc) is 2.84. The topological polar surface area (TPSA) is 114 Å². The number of likely N-dealkylation sites (N-methyl/N-ethyl adjacent to an activating group) is 1. The highest BCUT2D eigenvalue weighted by Gasteiger charge is 2.30. The van der Waals surface area contributed by atoms with Gasteiger partial charge in [-0.3, -0.25) is 9.78 Å². The minimum atomic E-state index is -0.536. The van der Waals surface area contributed by atoms with E-state index in [0.29, 0.717) is 42.2 Å². The zero-order chi connectivity index (χ0) is 15.0. The number of carbonyl (C=O) groups is 1. The van der Waals surface area contributed by atoms with E-state index in [0.717, 1.165) is 0 Å². The van der Waals surface area contributed by atoms with Crippen LogP contribution in [-0.2, 0) is 9.53 Å². The first-order valence-electron chi connectivity index (χ1n) is 6.58. The minimum absolute atomic E-state index is 0.144. The van der Waals surface area contributed by atoms with Crippen molar-refractivity contribution in [1.29, 1.82) is 0 Å². The molecule has 1 unspecified atom stereocenters. The largest absolute Gasteiger partial charge is 0.417 e. The number of benzene rings is 1. The number of fused-ring (bicyclic) bond motifs is 1. The predicted molar refractivity (Wildman–Crippen MR) is 77.3 cm³/mol. The fourth-order valence-electron chi connectivity index (χ4n) is 2.53. The van der Waals surface area contributed by atoms with Crippen LogP contribution in [0.5, 0.6) is 0 Å². The molecule has 0 saturated carbocycles. The lowest BCUT2D eigenvalue weighted by molar-refractivity contribution is -0.124. The molecule has 3 rings (SSSR count). The summed E-state index contributed by atoms with van der Waals surface area (Å²) < 4.78 is 10.3. The molecule has 21 heavy (non-hydrogen) atoms. The number of hydrogen-bond donors (Lipinski definition) is 3. The van der Waals surface area contributed by atoms with Gasteiger partial charge in [0, 0.05) is 19.7 Å². The van der Waals surface area contributed by atoms with Crippen LogP contribution in [0.2, 0.25) is 0 Å². The molecule has 0 aliphatic carbocycles. The van der Waals surface area contributed by atoms with E-state index in [2.05, 4.69) is 10.3 Å². The molecule has 1 fully saturated rings. The van der Waals surface area contributed by atoms with E-state index in [4.69, 9.17) is 14.9 Å². The van der Waals surface area contributed by atoms with Gasteiger partial charge in [0.25, 0.3) is 0 Å². The smallest absolute Gasteiger partial charge is 0.408 e. The first kappa shape index (κ1) is 13.5. The van der Waals surface area contributed by atoms with Gasteiger partial charge >= 0.3 is 5.76 Å². The Bertz CT molecular complexity index is 735. The second-order valence-corrected chi connectivity index (χ2v) is 4.82. The van der Waals surface area contributed by atoms with Gasteiger partial charge < -0.3 is 25.1 Å². The van der Waals surface area contributed by atoms with Crippen molar-refractivity contribution in [2.75, 3.05) is 37.4 Å². The van der Waals surface area contributed by atoms with Gasteiger partial charge in [-0.1, -0.05) is 0 Å².